The summed E-state index contributed by atoms with van der Waals surface area (Å²) in [4.78, 5) is 23.7. The number of ether oxygens (including phenoxy) is 1. The number of rotatable bonds is 5. The van der Waals surface area contributed by atoms with E-state index in [9.17, 15) is 27.9 Å². The van der Waals surface area contributed by atoms with Crippen LogP contribution in [-0.2, 0) is 15.2 Å². The van der Waals surface area contributed by atoms with E-state index in [0.29, 0.717) is 5.56 Å². The molecule has 9 heteroatoms. The molecule has 0 aliphatic carbocycles. The number of hydrogen-bond donors (Lipinski definition) is 3. The van der Waals surface area contributed by atoms with E-state index >= 15 is 0 Å². The molecule has 0 radical (unpaired) electrons. The molecule has 0 aliphatic rings. The van der Waals surface area contributed by atoms with E-state index in [4.69, 9.17) is 0 Å². The Hall–Kier alpha value is -3.07. The summed E-state index contributed by atoms with van der Waals surface area (Å²) in [7, 11) is 0. The number of halogens is 3. The Balaban J connectivity index is 1.89. The second kappa shape index (κ2) is 8.09. The predicted molar refractivity (Wildman–Crippen MR) is 90.8 cm³/mol. The van der Waals surface area contributed by atoms with Gasteiger partial charge in [0.2, 0.25) is 0 Å². The Kier molecular flexibility index (Phi) is 6.06. The highest BCUT2D eigenvalue weighted by Gasteiger charge is 2.31. The molecule has 0 saturated carbocycles. The fraction of sp³-hybridized carbons (Fsp3) is 0.222. The fourth-order valence-electron chi connectivity index (χ4n) is 2.16. The molecule has 6 nitrogen and oxygen atoms in total. The van der Waals surface area contributed by atoms with E-state index in [1.165, 1.54) is 6.92 Å². The predicted octanol–water partition coefficient (Wildman–Crippen LogP) is 2.55. The molecule has 3 N–H and O–H groups in total. The molecule has 0 unspecified atom stereocenters. The maximum Gasteiger partial charge on any atom is 0.573 e. The van der Waals surface area contributed by atoms with Gasteiger partial charge < -0.3 is 20.5 Å². The number of alkyl halides is 3. The summed E-state index contributed by atoms with van der Waals surface area (Å²) in [5.41, 5.74) is -0.709. The monoisotopic (exact) mass is 382 g/mol. The first-order valence-corrected chi connectivity index (χ1v) is 7.80. The molecule has 0 aromatic heterocycles. The van der Waals surface area contributed by atoms with Crippen LogP contribution in [0.25, 0.3) is 0 Å². The summed E-state index contributed by atoms with van der Waals surface area (Å²) in [6.07, 6.45) is -4.82. The van der Waals surface area contributed by atoms with Gasteiger partial charge in [0, 0.05) is 5.69 Å². The van der Waals surface area contributed by atoms with Crippen molar-refractivity contribution >= 4 is 17.5 Å². The summed E-state index contributed by atoms with van der Waals surface area (Å²) in [6.45, 7) is 1.28. The summed E-state index contributed by atoms with van der Waals surface area (Å²) in [5.74, 6) is -2.48. The SMILES string of the molecule is C[C@](O)(CNC(=O)C(=O)Nc1ccc(OC(F)(F)F)cc1)c1ccccc1. The average Bonchev–Trinajstić information content (AvgIpc) is 2.61. The van der Waals surface area contributed by atoms with Crippen molar-refractivity contribution in [2.24, 2.45) is 0 Å². The molecule has 0 bridgehead atoms. The van der Waals surface area contributed by atoms with Crippen molar-refractivity contribution < 1.29 is 32.6 Å². The molecule has 0 fully saturated rings. The van der Waals surface area contributed by atoms with E-state index in [0.717, 1.165) is 24.3 Å². The first kappa shape index (κ1) is 20.2. The van der Waals surface area contributed by atoms with Crippen molar-refractivity contribution in [1.29, 1.82) is 0 Å². The third-order valence-electron chi connectivity index (χ3n) is 3.54. The zero-order valence-electron chi connectivity index (χ0n) is 14.2. The maximum absolute atomic E-state index is 12.1. The van der Waals surface area contributed by atoms with Gasteiger partial charge in [-0.25, -0.2) is 0 Å². The van der Waals surface area contributed by atoms with Gasteiger partial charge in [-0.05, 0) is 36.8 Å². The van der Waals surface area contributed by atoms with Gasteiger partial charge in [0.1, 0.15) is 11.4 Å². The standard InChI is InChI=1S/C18H17F3N2O4/c1-17(26,12-5-3-2-4-6-12)11-22-15(24)16(25)23-13-7-9-14(10-8-13)27-18(19,20)21/h2-10,26H,11H2,1H3,(H,22,24)(H,23,25)/t17-/m0/s1. The Morgan fingerprint density at radius 1 is 1.00 bits per heavy atom. The topological polar surface area (TPSA) is 87.7 Å². The van der Waals surface area contributed by atoms with Crippen molar-refractivity contribution in [3.05, 3.63) is 60.2 Å². The van der Waals surface area contributed by atoms with Crippen LogP contribution < -0.4 is 15.4 Å². The van der Waals surface area contributed by atoms with Gasteiger partial charge in [-0.3, -0.25) is 9.59 Å². The molecule has 2 rings (SSSR count). The lowest BCUT2D eigenvalue weighted by Gasteiger charge is -2.24. The second-order valence-corrected chi connectivity index (χ2v) is 5.85. The van der Waals surface area contributed by atoms with Crippen LogP contribution in [0, 0.1) is 0 Å². The van der Waals surface area contributed by atoms with Gasteiger partial charge in [0.05, 0.1) is 6.54 Å². The van der Waals surface area contributed by atoms with Gasteiger partial charge in [-0.2, -0.15) is 0 Å². The van der Waals surface area contributed by atoms with Crippen molar-refractivity contribution in [3.63, 3.8) is 0 Å². The first-order valence-electron chi connectivity index (χ1n) is 7.80. The minimum Gasteiger partial charge on any atom is -0.406 e. The molecule has 2 aromatic rings. The zero-order chi connectivity index (χ0) is 20.1. The first-order chi connectivity index (χ1) is 12.6. The number of benzene rings is 2. The van der Waals surface area contributed by atoms with E-state index in [1.807, 2.05) is 0 Å². The quantitative estimate of drug-likeness (QED) is 0.694. The fourth-order valence-corrected chi connectivity index (χ4v) is 2.16. The summed E-state index contributed by atoms with van der Waals surface area (Å²) in [5, 5.41) is 14.9. The highest BCUT2D eigenvalue weighted by Crippen LogP contribution is 2.24. The van der Waals surface area contributed by atoms with E-state index in [1.54, 1.807) is 30.3 Å². The zero-order valence-corrected chi connectivity index (χ0v) is 14.2. The molecule has 0 spiro atoms. The van der Waals surface area contributed by atoms with Gasteiger partial charge >= 0.3 is 18.2 Å². The number of aliphatic hydroxyl groups is 1. The lowest BCUT2D eigenvalue weighted by atomic mass is 9.96. The van der Waals surface area contributed by atoms with Crippen LogP contribution in [0.2, 0.25) is 0 Å². The number of nitrogens with one attached hydrogen (secondary N) is 2. The Morgan fingerprint density at radius 2 is 1.59 bits per heavy atom. The van der Waals surface area contributed by atoms with Crippen molar-refractivity contribution in [2.75, 3.05) is 11.9 Å². The minimum absolute atomic E-state index is 0.111. The van der Waals surface area contributed by atoms with Gasteiger partial charge in [-0.1, -0.05) is 30.3 Å². The molecular formula is C18H17F3N2O4. The summed E-state index contributed by atoms with van der Waals surface area (Å²) < 4.78 is 40.0. The third kappa shape index (κ3) is 6.30. The smallest absolute Gasteiger partial charge is 0.406 e. The number of hydrogen-bond acceptors (Lipinski definition) is 4. The van der Waals surface area contributed by atoms with E-state index in [-0.39, 0.29) is 12.2 Å². The number of carbonyl (C=O) groups excluding carboxylic acids is 2. The van der Waals surface area contributed by atoms with Crippen LogP contribution in [0.4, 0.5) is 18.9 Å². The minimum atomic E-state index is -4.82. The lowest BCUT2D eigenvalue weighted by molar-refractivity contribution is -0.274. The van der Waals surface area contributed by atoms with Crippen LogP contribution >= 0.6 is 0 Å². The number of carbonyl (C=O) groups is 2. The van der Waals surface area contributed by atoms with Crippen LogP contribution in [-0.4, -0.2) is 29.8 Å². The van der Waals surface area contributed by atoms with Crippen molar-refractivity contribution in [3.8, 4) is 5.75 Å². The molecule has 27 heavy (non-hydrogen) atoms. The normalized spacial score (nSPS) is 13.4. The number of anilines is 1. The molecule has 2 aromatic carbocycles. The molecule has 0 saturated heterocycles. The van der Waals surface area contributed by atoms with Crippen LogP contribution in [0.15, 0.2) is 54.6 Å². The van der Waals surface area contributed by atoms with Crippen LogP contribution in [0.5, 0.6) is 5.75 Å². The van der Waals surface area contributed by atoms with Crippen molar-refractivity contribution in [1.82, 2.24) is 5.32 Å². The van der Waals surface area contributed by atoms with Crippen LogP contribution in [0.1, 0.15) is 12.5 Å². The molecular weight excluding hydrogens is 365 g/mol. The molecule has 144 valence electrons. The van der Waals surface area contributed by atoms with Gasteiger partial charge in [0.25, 0.3) is 0 Å². The van der Waals surface area contributed by atoms with Crippen LogP contribution in [0.3, 0.4) is 0 Å². The average molecular weight is 382 g/mol. The summed E-state index contributed by atoms with van der Waals surface area (Å²) in [6, 6.07) is 12.9. The Bertz CT molecular complexity index is 791. The largest absolute Gasteiger partial charge is 0.573 e. The highest BCUT2D eigenvalue weighted by molar-refractivity contribution is 6.39. The van der Waals surface area contributed by atoms with Gasteiger partial charge in [-0.15, -0.1) is 13.2 Å². The van der Waals surface area contributed by atoms with E-state index < -0.39 is 29.5 Å². The molecule has 2 amide bonds. The molecule has 0 heterocycles. The van der Waals surface area contributed by atoms with Crippen molar-refractivity contribution in [2.45, 2.75) is 18.9 Å². The Labute approximate surface area is 153 Å². The molecule has 0 aliphatic heterocycles. The van der Waals surface area contributed by atoms with Gasteiger partial charge in [0.15, 0.2) is 0 Å². The molecule has 1 atom stereocenters. The Morgan fingerprint density at radius 3 is 2.15 bits per heavy atom. The second-order valence-electron chi connectivity index (χ2n) is 5.85. The highest BCUT2D eigenvalue weighted by atomic mass is 19.4. The maximum atomic E-state index is 12.1. The number of amides is 2. The van der Waals surface area contributed by atoms with E-state index in [2.05, 4.69) is 15.4 Å². The third-order valence-corrected chi connectivity index (χ3v) is 3.54. The lowest BCUT2D eigenvalue weighted by Crippen LogP contribution is -2.43. The summed E-state index contributed by atoms with van der Waals surface area (Å²) >= 11 is 0.